The third kappa shape index (κ3) is 5.56. The molecule has 0 aliphatic heterocycles. The lowest BCUT2D eigenvalue weighted by atomic mass is 10.3. The van der Waals surface area contributed by atoms with Gasteiger partial charge in [0.15, 0.2) is 0 Å². The Kier molecular flexibility index (Phi) is 3.50. The van der Waals surface area contributed by atoms with Crippen molar-refractivity contribution in [3.05, 3.63) is 4.91 Å². The highest BCUT2D eigenvalue weighted by atomic mass is 16.3. The quantitative estimate of drug-likeness (QED) is 0.527. The molecule has 0 aliphatic carbocycles. The molecule has 2 N–H and O–H groups in total. The normalized spacial score (nSPS) is 13.4. The number of hydrogen-bond donors (Lipinski definition) is 1. The molecule has 7 heavy (non-hydrogen) atoms. The lowest BCUT2D eigenvalue weighted by molar-refractivity contribution is 0.675. The predicted octanol–water partition coefficient (Wildman–Crippen LogP) is 0.490. The van der Waals surface area contributed by atoms with Crippen molar-refractivity contribution in [2.45, 2.75) is 19.4 Å². The van der Waals surface area contributed by atoms with Crippen LogP contribution in [0.4, 0.5) is 0 Å². The van der Waals surface area contributed by atoms with Gasteiger partial charge in [0.1, 0.15) is 0 Å². The molecule has 3 nitrogen and oxygen atoms in total. The molecule has 0 saturated heterocycles. The van der Waals surface area contributed by atoms with Gasteiger partial charge in [-0.3, -0.25) is 0 Å². The monoisotopic (exact) mass is 102 g/mol. The van der Waals surface area contributed by atoms with Gasteiger partial charge in [0.05, 0.1) is 6.54 Å². The van der Waals surface area contributed by atoms with Gasteiger partial charge in [0, 0.05) is 6.04 Å². The summed E-state index contributed by atoms with van der Waals surface area (Å²) in [5.74, 6) is 0. The van der Waals surface area contributed by atoms with E-state index in [-0.39, 0.29) is 6.04 Å². The highest BCUT2D eigenvalue weighted by molar-refractivity contribution is 4.53. The molecule has 42 valence electrons. The Morgan fingerprint density at radius 1 is 1.86 bits per heavy atom. The Hall–Kier alpha value is -0.440. The lowest BCUT2D eigenvalue weighted by Crippen LogP contribution is -2.15. The Balaban J connectivity index is 2.81. The average molecular weight is 102 g/mol. The first-order chi connectivity index (χ1) is 3.27. The second-order valence-electron chi connectivity index (χ2n) is 1.62. The van der Waals surface area contributed by atoms with E-state index < -0.39 is 0 Å². The van der Waals surface area contributed by atoms with E-state index in [0.29, 0.717) is 13.0 Å². The van der Waals surface area contributed by atoms with Crippen molar-refractivity contribution in [2.75, 3.05) is 6.54 Å². The average Bonchev–Trinajstić information content (AvgIpc) is 1.61. The summed E-state index contributed by atoms with van der Waals surface area (Å²) in [5.41, 5.74) is 5.28. The van der Waals surface area contributed by atoms with Gasteiger partial charge >= 0.3 is 0 Å². The van der Waals surface area contributed by atoms with E-state index >= 15 is 0 Å². The van der Waals surface area contributed by atoms with Gasteiger partial charge in [-0.1, -0.05) is 5.18 Å². The summed E-state index contributed by atoms with van der Waals surface area (Å²) in [5, 5.41) is 2.65. The second kappa shape index (κ2) is 3.74. The number of nitrogens with two attached hydrogens (primary N) is 1. The third-order valence-corrected chi connectivity index (χ3v) is 0.676. The van der Waals surface area contributed by atoms with Crippen LogP contribution in [0.5, 0.6) is 0 Å². The zero-order chi connectivity index (χ0) is 5.70. The van der Waals surface area contributed by atoms with E-state index in [1.165, 1.54) is 0 Å². The van der Waals surface area contributed by atoms with Crippen molar-refractivity contribution in [2.24, 2.45) is 10.9 Å². The summed E-state index contributed by atoms with van der Waals surface area (Å²) in [7, 11) is 0. The van der Waals surface area contributed by atoms with Gasteiger partial charge in [0.25, 0.3) is 0 Å². The molecule has 3 heteroatoms. The summed E-state index contributed by atoms with van der Waals surface area (Å²) in [4.78, 5) is 9.40. The van der Waals surface area contributed by atoms with Crippen LogP contribution in [0.15, 0.2) is 5.18 Å². The minimum atomic E-state index is 0.109. The molecule has 0 aromatic heterocycles. The summed E-state index contributed by atoms with van der Waals surface area (Å²) in [6.07, 6.45) is 0.698. The number of nitroso groups, excluding NO2 is 1. The Bertz CT molecular complexity index is 53.7. The van der Waals surface area contributed by atoms with E-state index in [1.807, 2.05) is 6.92 Å². The van der Waals surface area contributed by atoms with E-state index in [4.69, 9.17) is 5.73 Å². The first kappa shape index (κ1) is 6.56. The molecular formula is C4H10N2O. The Morgan fingerprint density at radius 2 is 2.43 bits per heavy atom. The lowest BCUT2D eigenvalue weighted by Gasteiger charge is -1.95. The molecule has 1 atom stereocenters. The standard InChI is InChI=1S/C4H10N2O/c1-4(5)2-3-6-7/h4H,2-3,5H2,1H3. The van der Waals surface area contributed by atoms with Crippen LogP contribution in [-0.4, -0.2) is 12.6 Å². The molecule has 0 saturated carbocycles. The fourth-order valence-corrected chi connectivity index (χ4v) is 0.256. The van der Waals surface area contributed by atoms with Gasteiger partial charge in [-0.25, -0.2) is 0 Å². The van der Waals surface area contributed by atoms with E-state index in [2.05, 4.69) is 5.18 Å². The molecule has 0 spiro atoms. The van der Waals surface area contributed by atoms with Crippen LogP contribution in [-0.2, 0) is 0 Å². The molecule has 0 fully saturated rings. The highest BCUT2D eigenvalue weighted by Gasteiger charge is 1.89. The minimum absolute atomic E-state index is 0.109. The van der Waals surface area contributed by atoms with E-state index in [1.54, 1.807) is 0 Å². The third-order valence-electron chi connectivity index (χ3n) is 0.676. The zero-order valence-corrected chi connectivity index (χ0v) is 4.42. The summed E-state index contributed by atoms with van der Waals surface area (Å²) in [6.45, 7) is 2.20. The summed E-state index contributed by atoms with van der Waals surface area (Å²) >= 11 is 0. The Morgan fingerprint density at radius 3 is 2.57 bits per heavy atom. The van der Waals surface area contributed by atoms with Crippen molar-refractivity contribution < 1.29 is 0 Å². The molecule has 0 radical (unpaired) electrons. The summed E-state index contributed by atoms with van der Waals surface area (Å²) in [6, 6.07) is 0.109. The zero-order valence-electron chi connectivity index (χ0n) is 4.42. The van der Waals surface area contributed by atoms with Crippen LogP contribution in [0.25, 0.3) is 0 Å². The van der Waals surface area contributed by atoms with Crippen LogP contribution in [0, 0.1) is 4.91 Å². The van der Waals surface area contributed by atoms with Crippen molar-refractivity contribution in [1.29, 1.82) is 0 Å². The molecule has 0 aliphatic rings. The SMILES string of the molecule is CC(N)CCN=O. The second-order valence-corrected chi connectivity index (χ2v) is 1.62. The van der Waals surface area contributed by atoms with Crippen molar-refractivity contribution in [1.82, 2.24) is 0 Å². The minimum Gasteiger partial charge on any atom is -0.328 e. The van der Waals surface area contributed by atoms with Crippen LogP contribution in [0.2, 0.25) is 0 Å². The predicted molar refractivity (Wildman–Crippen MR) is 28.9 cm³/mol. The number of nitrogens with zero attached hydrogens (tertiary/aromatic N) is 1. The molecule has 0 heterocycles. The van der Waals surface area contributed by atoms with Crippen LogP contribution in [0.1, 0.15) is 13.3 Å². The highest BCUT2D eigenvalue weighted by Crippen LogP contribution is 1.83. The van der Waals surface area contributed by atoms with Gasteiger partial charge < -0.3 is 5.73 Å². The molecule has 0 aromatic carbocycles. The van der Waals surface area contributed by atoms with Gasteiger partial charge in [0.2, 0.25) is 0 Å². The first-order valence-electron chi connectivity index (χ1n) is 2.32. The molecule has 0 bridgehead atoms. The largest absolute Gasteiger partial charge is 0.328 e. The molecule has 0 rings (SSSR count). The van der Waals surface area contributed by atoms with Gasteiger partial charge in [-0.05, 0) is 13.3 Å². The maximum atomic E-state index is 9.40. The first-order valence-corrected chi connectivity index (χ1v) is 2.32. The molecule has 1 unspecified atom stereocenters. The topological polar surface area (TPSA) is 55.4 Å². The molecule has 0 aromatic rings. The maximum absolute atomic E-state index is 9.40. The fraction of sp³-hybridized carbons (Fsp3) is 1.00. The smallest absolute Gasteiger partial charge is 0.0825 e. The van der Waals surface area contributed by atoms with Crippen LogP contribution >= 0.6 is 0 Å². The van der Waals surface area contributed by atoms with Gasteiger partial charge in [-0.2, -0.15) is 4.91 Å². The Labute approximate surface area is 42.9 Å². The van der Waals surface area contributed by atoms with Crippen LogP contribution in [0.3, 0.4) is 0 Å². The molecule has 0 amide bonds. The van der Waals surface area contributed by atoms with Crippen molar-refractivity contribution in [3.8, 4) is 0 Å². The van der Waals surface area contributed by atoms with E-state index in [9.17, 15) is 4.91 Å². The molecular weight excluding hydrogens is 92.1 g/mol. The van der Waals surface area contributed by atoms with Gasteiger partial charge in [-0.15, -0.1) is 0 Å². The van der Waals surface area contributed by atoms with Crippen LogP contribution < -0.4 is 5.73 Å². The number of rotatable bonds is 3. The fourth-order valence-electron chi connectivity index (χ4n) is 0.256. The van der Waals surface area contributed by atoms with Crippen molar-refractivity contribution >= 4 is 0 Å². The number of hydrogen-bond acceptors (Lipinski definition) is 3. The maximum Gasteiger partial charge on any atom is 0.0825 e. The van der Waals surface area contributed by atoms with Crippen molar-refractivity contribution in [3.63, 3.8) is 0 Å². The summed E-state index contributed by atoms with van der Waals surface area (Å²) < 4.78 is 0. The van der Waals surface area contributed by atoms with E-state index in [0.717, 1.165) is 0 Å².